The number of amides is 1. The molecule has 2 aromatic rings. The Morgan fingerprint density at radius 1 is 1.56 bits per heavy atom. The van der Waals surface area contributed by atoms with E-state index in [1.807, 2.05) is 19.9 Å². The van der Waals surface area contributed by atoms with E-state index in [4.69, 9.17) is 4.74 Å². The van der Waals surface area contributed by atoms with Gasteiger partial charge < -0.3 is 25.1 Å². The highest BCUT2D eigenvalue weighted by Crippen LogP contribution is 2.29. The standard InChI is InChI=1S/C16H21N5O4/c1-3-6-17-15(22)13-16(21(23)24)20-7-4-5-12(14(20)18-13)19-8-9-25-10-11(19)2/h4-5,7,11H,3,6,8-10H2,1-2H3,(H,17,22). The molecule has 0 aromatic carbocycles. The number of hydrogen-bond acceptors (Lipinski definition) is 6. The van der Waals surface area contributed by atoms with Crippen LogP contribution in [0.5, 0.6) is 0 Å². The maximum atomic E-state index is 12.3. The Balaban J connectivity index is 2.12. The van der Waals surface area contributed by atoms with Gasteiger partial charge in [-0.2, -0.15) is 9.38 Å². The van der Waals surface area contributed by atoms with Gasteiger partial charge in [-0.05, 0) is 30.4 Å². The number of anilines is 1. The van der Waals surface area contributed by atoms with Crippen LogP contribution in [0.2, 0.25) is 0 Å². The Bertz CT molecular complexity index is 803. The summed E-state index contributed by atoms with van der Waals surface area (Å²) in [6, 6.07) is 3.71. The molecule has 1 fully saturated rings. The quantitative estimate of drug-likeness (QED) is 0.651. The zero-order chi connectivity index (χ0) is 18.0. The molecule has 9 nitrogen and oxygen atoms in total. The number of hydrogen-bond donors (Lipinski definition) is 1. The number of nitro groups is 1. The van der Waals surface area contributed by atoms with Gasteiger partial charge in [0.1, 0.15) is 5.69 Å². The molecule has 134 valence electrons. The van der Waals surface area contributed by atoms with Crippen molar-refractivity contribution in [2.45, 2.75) is 26.3 Å². The molecule has 2 aromatic heterocycles. The maximum absolute atomic E-state index is 12.3. The average Bonchev–Trinajstić information content (AvgIpc) is 3.00. The largest absolute Gasteiger partial charge is 0.377 e. The van der Waals surface area contributed by atoms with Gasteiger partial charge in [0.15, 0.2) is 0 Å². The summed E-state index contributed by atoms with van der Waals surface area (Å²) in [6.45, 7) is 6.20. The number of aromatic nitrogens is 2. The monoisotopic (exact) mass is 347 g/mol. The molecule has 0 saturated carbocycles. The van der Waals surface area contributed by atoms with Crippen LogP contribution in [0.25, 0.3) is 5.65 Å². The van der Waals surface area contributed by atoms with E-state index in [0.717, 1.165) is 12.1 Å². The lowest BCUT2D eigenvalue weighted by atomic mass is 10.2. The van der Waals surface area contributed by atoms with Gasteiger partial charge in [-0.3, -0.25) is 4.79 Å². The zero-order valence-electron chi connectivity index (χ0n) is 14.3. The smallest absolute Gasteiger partial charge is 0.361 e. The second kappa shape index (κ2) is 7.06. The van der Waals surface area contributed by atoms with E-state index >= 15 is 0 Å². The van der Waals surface area contributed by atoms with Crippen molar-refractivity contribution < 1.29 is 14.5 Å². The first-order chi connectivity index (χ1) is 12.0. The van der Waals surface area contributed by atoms with E-state index < -0.39 is 10.8 Å². The van der Waals surface area contributed by atoms with Crippen LogP contribution in [0.15, 0.2) is 18.3 Å². The van der Waals surface area contributed by atoms with Gasteiger partial charge in [0.2, 0.25) is 5.69 Å². The minimum Gasteiger partial charge on any atom is -0.377 e. The fourth-order valence-electron chi connectivity index (χ4n) is 3.00. The molecule has 1 unspecified atom stereocenters. The summed E-state index contributed by atoms with van der Waals surface area (Å²) in [5.74, 6) is -0.843. The van der Waals surface area contributed by atoms with Crippen LogP contribution >= 0.6 is 0 Å². The van der Waals surface area contributed by atoms with E-state index in [-0.39, 0.29) is 17.6 Å². The van der Waals surface area contributed by atoms with Crippen LogP contribution in [0.3, 0.4) is 0 Å². The topological polar surface area (TPSA) is 102 Å². The Morgan fingerprint density at radius 3 is 3.04 bits per heavy atom. The van der Waals surface area contributed by atoms with Crippen molar-refractivity contribution in [2.75, 3.05) is 31.2 Å². The molecule has 0 spiro atoms. The van der Waals surface area contributed by atoms with Gasteiger partial charge in [0, 0.05) is 19.1 Å². The zero-order valence-corrected chi connectivity index (χ0v) is 14.3. The molecule has 9 heteroatoms. The number of pyridine rings is 1. The van der Waals surface area contributed by atoms with Crippen molar-refractivity contribution in [3.8, 4) is 0 Å². The lowest BCUT2D eigenvalue weighted by Gasteiger charge is -2.34. The van der Waals surface area contributed by atoms with E-state index in [2.05, 4.69) is 15.2 Å². The molecule has 1 saturated heterocycles. The number of carbonyl (C=O) groups excluding carboxylic acids is 1. The minimum absolute atomic E-state index is 0.119. The van der Waals surface area contributed by atoms with Crippen molar-refractivity contribution in [1.82, 2.24) is 14.7 Å². The molecule has 1 atom stereocenters. The summed E-state index contributed by atoms with van der Waals surface area (Å²) < 4.78 is 6.83. The fourth-order valence-corrected chi connectivity index (χ4v) is 3.00. The summed E-state index contributed by atoms with van der Waals surface area (Å²) in [4.78, 5) is 29.7. The number of rotatable bonds is 5. The predicted molar refractivity (Wildman–Crippen MR) is 92.1 cm³/mol. The molecular formula is C16H21N5O4. The second-order valence-electron chi connectivity index (χ2n) is 6.00. The summed E-state index contributed by atoms with van der Waals surface area (Å²) in [5, 5.41) is 14.2. The van der Waals surface area contributed by atoms with E-state index in [1.165, 1.54) is 4.40 Å². The molecule has 25 heavy (non-hydrogen) atoms. The van der Waals surface area contributed by atoms with E-state index in [0.29, 0.717) is 32.0 Å². The molecule has 1 amide bonds. The highest BCUT2D eigenvalue weighted by Gasteiger charge is 2.31. The molecule has 3 heterocycles. The number of nitrogens with zero attached hydrogens (tertiary/aromatic N) is 4. The van der Waals surface area contributed by atoms with Gasteiger partial charge >= 0.3 is 5.82 Å². The van der Waals surface area contributed by atoms with Gasteiger partial charge in [0.05, 0.1) is 19.4 Å². The van der Waals surface area contributed by atoms with Crippen LogP contribution in [0.1, 0.15) is 30.8 Å². The first-order valence-corrected chi connectivity index (χ1v) is 8.32. The number of morpholine rings is 1. The summed E-state index contributed by atoms with van der Waals surface area (Å²) in [6.07, 6.45) is 2.30. The molecule has 1 N–H and O–H groups in total. The van der Waals surface area contributed by atoms with Crippen molar-refractivity contribution in [3.05, 3.63) is 34.1 Å². The third-order valence-corrected chi connectivity index (χ3v) is 4.20. The average molecular weight is 347 g/mol. The Hall–Kier alpha value is -2.68. The van der Waals surface area contributed by atoms with Gasteiger partial charge in [-0.15, -0.1) is 0 Å². The summed E-state index contributed by atoms with van der Waals surface area (Å²) in [7, 11) is 0. The van der Waals surface area contributed by atoms with Crippen molar-refractivity contribution in [1.29, 1.82) is 0 Å². The molecule has 0 bridgehead atoms. The summed E-state index contributed by atoms with van der Waals surface area (Å²) >= 11 is 0. The number of imidazole rings is 1. The van der Waals surface area contributed by atoms with Gasteiger partial charge in [-0.25, -0.2) is 0 Å². The minimum atomic E-state index is -0.562. The SMILES string of the molecule is CCCNC(=O)c1nc2c(N3CCOCC3C)cccn2c1[N+](=O)[O-]. The molecule has 1 aliphatic rings. The number of fused-ring (bicyclic) bond motifs is 1. The first kappa shape index (κ1) is 17.2. The highest BCUT2D eigenvalue weighted by atomic mass is 16.6. The third-order valence-electron chi connectivity index (χ3n) is 4.20. The second-order valence-corrected chi connectivity index (χ2v) is 6.00. The normalized spacial score (nSPS) is 17.7. The van der Waals surface area contributed by atoms with Crippen LogP contribution in [0, 0.1) is 10.1 Å². The van der Waals surface area contributed by atoms with Gasteiger partial charge in [-0.1, -0.05) is 6.92 Å². The number of carbonyl (C=O) groups is 1. The maximum Gasteiger partial charge on any atom is 0.361 e. The summed E-state index contributed by atoms with van der Waals surface area (Å²) in [5.41, 5.74) is 1.01. The molecular weight excluding hydrogens is 326 g/mol. The number of ether oxygens (including phenoxy) is 1. The third kappa shape index (κ3) is 3.14. The first-order valence-electron chi connectivity index (χ1n) is 8.32. The van der Waals surface area contributed by atoms with Crippen LogP contribution in [-0.4, -0.2) is 52.6 Å². The molecule has 3 rings (SSSR count). The highest BCUT2D eigenvalue weighted by molar-refractivity contribution is 5.97. The Morgan fingerprint density at radius 2 is 2.36 bits per heavy atom. The van der Waals surface area contributed by atoms with Crippen LogP contribution in [0.4, 0.5) is 11.5 Å². The molecule has 0 radical (unpaired) electrons. The van der Waals surface area contributed by atoms with E-state index in [9.17, 15) is 14.9 Å². The predicted octanol–water partition coefficient (Wildman–Crippen LogP) is 1.61. The van der Waals surface area contributed by atoms with Gasteiger partial charge in [0.25, 0.3) is 11.6 Å². The van der Waals surface area contributed by atoms with Crippen LogP contribution < -0.4 is 10.2 Å². The molecule has 0 aliphatic carbocycles. The van der Waals surface area contributed by atoms with E-state index in [1.54, 1.807) is 12.3 Å². The lowest BCUT2D eigenvalue weighted by molar-refractivity contribution is -0.390. The number of nitrogens with one attached hydrogen (secondary N) is 1. The van der Waals surface area contributed by atoms with Crippen LogP contribution in [-0.2, 0) is 4.74 Å². The Labute approximate surface area is 144 Å². The molecule has 1 aliphatic heterocycles. The fraction of sp³-hybridized carbons (Fsp3) is 0.500. The van der Waals surface area contributed by atoms with Crippen molar-refractivity contribution in [2.24, 2.45) is 0 Å². The van der Waals surface area contributed by atoms with Crippen molar-refractivity contribution in [3.63, 3.8) is 0 Å². The van der Waals surface area contributed by atoms with Crippen molar-refractivity contribution >= 4 is 23.1 Å². The lowest BCUT2D eigenvalue weighted by Crippen LogP contribution is -2.43. The Kier molecular flexibility index (Phi) is 4.84.